The molecule has 1 saturated heterocycles. The molecule has 2 aliphatic heterocycles. The highest BCUT2D eigenvalue weighted by Crippen LogP contribution is 2.51. The molecule has 4 aromatic rings. The van der Waals surface area contributed by atoms with E-state index in [1.54, 1.807) is 13.1 Å². The van der Waals surface area contributed by atoms with E-state index in [1.165, 1.54) is 27.4 Å². The van der Waals surface area contributed by atoms with Gasteiger partial charge in [0, 0.05) is 23.1 Å². The lowest BCUT2D eigenvalue weighted by Crippen LogP contribution is -2.52. The molecule has 0 spiro atoms. The van der Waals surface area contributed by atoms with Crippen LogP contribution in [0.4, 0.5) is 16.4 Å². The highest BCUT2D eigenvalue weighted by Gasteiger charge is 2.31. The van der Waals surface area contributed by atoms with Crippen LogP contribution in [-0.2, 0) is 9.59 Å². The fourth-order valence-electron chi connectivity index (χ4n) is 4.54. The second kappa shape index (κ2) is 8.30. The average molecular weight is 494 g/mol. The Morgan fingerprint density at radius 3 is 1.91 bits per heavy atom. The van der Waals surface area contributed by atoms with Gasteiger partial charge in [0.15, 0.2) is 5.11 Å². The topological polar surface area (TPSA) is 52.7 Å². The summed E-state index contributed by atoms with van der Waals surface area (Å²) in [5.41, 5.74) is 6.86. The summed E-state index contributed by atoms with van der Waals surface area (Å²) in [6, 6.07) is 29.2. The smallest absolute Gasteiger partial charge is 0.265 e. The normalized spacial score (nSPS) is 15.9. The number of anilines is 3. The summed E-state index contributed by atoms with van der Waals surface area (Å²) in [7, 11) is 1.56. The van der Waals surface area contributed by atoms with E-state index >= 15 is 0 Å². The van der Waals surface area contributed by atoms with Gasteiger partial charge >= 0.3 is 0 Å². The predicted octanol–water partition coefficient (Wildman–Crippen LogP) is 6.12. The van der Waals surface area contributed by atoms with Crippen molar-refractivity contribution in [1.82, 2.24) is 10.2 Å². The molecule has 3 aromatic carbocycles. The molecule has 7 heteroatoms. The zero-order valence-corrected chi connectivity index (χ0v) is 20.3. The van der Waals surface area contributed by atoms with Gasteiger partial charge in [-0.05, 0) is 53.7 Å². The van der Waals surface area contributed by atoms with Gasteiger partial charge in [0.1, 0.15) is 10.6 Å². The summed E-state index contributed by atoms with van der Waals surface area (Å²) >= 11 is 6.57. The van der Waals surface area contributed by atoms with Crippen molar-refractivity contribution in [1.29, 1.82) is 0 Å². The second-order valence-corrected chi connectivity index (χ2v) is 9.75. The third-order valence-corrected chi connectivity index (χ3v) is 7.62. The van der Waals surface area contributed by atoms with E-state index in [1.807, 2.05) is 24.3 Å². The van der Waals surface area contributed by atoms with Gasteiger partial charge in [0.05, 0.1) is 11.4 Å². The van der Waals surface area contributed by atoms with Crippen molar-refractivity contribution in [2.75, 3.05) is 11.9 Å². The Balaban J connectivity index is 1.51. The van der Waals surface area contributed by atoms with Crippen molar-refractivity contribution in [2.45, 2.75) is 0 Å². The number of rotatable bonds is 2. The van der Waals surface area contributed by atoms with Gasteiger partial charge in [-0.2, -0.15) is 0 Å². The van der Waals surface area contributed by atoms with Crippen LogP contribution in [0.5, 0.6) is 0 Å². The van der Waals surface area contributed by atoms with Crippen LogP contribution in [0.1, 0.15) is 4.88 Å². The third kappa shape index (κ3) is 3.48. The number of thiocarbonyl (C=S) groups is 1. The lowest BCUT2D eigenvalue weighted by Gasteiger charge is -2.25. The van der Waals surface area contributed by atoms with E-state index in [-0.39, 0.29) is 10.7 Å². The summed E-state index contributed by atoms with van der Waals surface area (Å²) in [4.78, 5) is 29.4. The van der Waals surface area contributed by atoms with Gasteiger partial charge < -0.3 is 4.90 Å². The van der Waals surface area contributed by atoms with Crippen molar-refractivity contribution in [3.63, 3.8) is 0 Å². The van der Waals surface area contributed by atoms with Crippen LogP contribution < -0.4 is 10.2 Å². The van der Waals surface area contributed by atoms with Gasteiger partial charge in [-0.1, -0.05) is 60.7 Å². The number of nitrogens with one attached hydrogen (secondary N) is 1. The van der Waals surface area contributed by atoms with Crippen LogP contribution >= 0.6 is 23.6 Å². The summed E-state index contributed by atoms with van der Waals surface area (Å²) in [5, 5.41) is 3.66. The number of carbonyl (C=O) groups excluding carboxylic acids is 2. The molecular weight excluding hydrogens is 474 g/mol. The predicted molar refractivity (Wildman–Crippen MR) is 145 cm³/mol. The maximum absolute atomic E-state index is 12.7. The van der Waals surface area contributed by atoms with Crippen molar-refractivity contribution >= 4 is 62.9 Å². The van der Waals surface area contributed by atoms with Crippen molar-refractivity contribution in [2.24, 2.45) is 0 Å². The highest BCUT2D eigenvalue weighted by molar-refractivity contribution is 7.80. The number of benzene rings is 3. The maximum Gasteiger partial charge on any atom is 0.265 e. The van der Waals surface area contributed by atoms with Crippen LogP contribution in [0.15, 0.2) is 90.5 Å². The third-order valence-electron chi connectivity index (χ3n) is 6.22. The number of fused-ring (bicyclic) bond motifs is 5. The Labute approximate surface area is 211 Å². The molecule has 35 heavy (non-hydrogen) atoms. The number of hydrogen-bond acceptors (Lipinski definition) is 5. The molecule has 0 bridgehead atoms. The molecule has 170 valence electrons. The molecule has 2 aliphatic rings. The molecule has 1 fully saturated rings. The molecule has 3 heterocycles. The number of likely N-dealkylation sites (N-methyl/N-ethyl adjacent to an activating group) is 1. The highest BCUT2D eigenvalue weighted by atomic mass is 32.1. The second-order valence-electron chi connectivity index (χ2n) is 8.27. The van der Waals surface area contributed by atoms with Crippen LogP contribution in [0.25, 0.3) is 28.3 Å². The zero-order valence-electron chi connectivity index (χ0n) is 18.7. The number of para-hydroxylation sites is 2. The molecule has 0 aliphatic carbocycles. The van der Waals surface area contributed by atoms with Crippen LogP contribution in [0, 0.1) is 0 Å². The Kier molecular flexibility index (Phi) is 5.09. The number of thiophene rings is 1. The SMILES string of the molecule is CN1C(=O)/C(=C/c2ccc(N3c4ccccc4-c4ccccc4-c4ccccc43)s2)C(=O)NC1=S. The van der Waals surface area contributed by atoms with Gasteiger partial charge in [-0.25, -0.2) is 0 Å². The first-order valence-corrected chi connectivity index (χ1v) is 12.3. The standard InChI is InChI=1S/C28H19N3O2S2/c1-30-27(33)22(26(32)29-28(30)34)16-17-14-15-25(35-17)31-23-12-6-4-10-20(23)18-8-2-3-9-19(18)21-11-5-7-13-24(21)31/h2-16H,1H3,(H,29,32,34)/b22-16+. The largest absolute Gasteiger partial charge is 0.301 e. The van der Waals surface area contributed by atoms with Crippen molar-refractivity contribution in [3.05, 3.63) is 95.4 Å². The molecule has 5 nitrogen and oxygen atoms in total. The first-order chi connectivity index (χ1) is 17.0. The molecule has 0 radical (unpaired) electrons. The number of carbonyl (C=O) groups is 2. The molecule has 2 amide bonds. The summed E-state index contributed by atoms with van der Waals surface area (Å²) in [6.07, 6.45) is 1.63. The van der Waals surface area contributed by atoms with E-state index in [4.69, 9.17) is 12.2 Å². The molecule has 1 N–H and O–H groups in total. The first-order valence-electron chi connectivity index (χ1n) is 11.1. The lowest BCUT2D eigenvalue weighted by molar-refractivity contribution is -0.128. The van der Waals surface area contributed by atoms with Crippen LogP contribution in [0.2, 0.25) is 0 Å². The maximum atomic E-state index is 12.7. The minimum Gasteiger partial charge on any atom is -0.301 e. The summed E-state index contributed by atoms with van der Waals surface area (Å²) in [5.74, 6) is -0.886. The molecule has 1 aromatic heterocycles. The van der Waals surface area contributed by atoms with Gasteiger partial charge in [-0.15, -0.1) is 11.3 Å². The minimum atomic E-state index is -0.478. The van der Waals surface area contributed by atoms with E-state index in [0.29, 0.717) is 0 Å². The fraction of sp³-hybridized carbons (Fsp3) is 0.0357. The van der Waals surface area contributed by atoms with E-state index < -0.39 is 11.8 Å². The fourth-order valence-corrected chi connectivity index (χ4v) is 5.69. The van der Waals surface area contributed by atoms with Crippen LogP contribution in [-0.4, -0.2) is 28.9 Å². The monoisotopic (exact) mass is 493 g/mol. The zero-order chi connectivity index (χ0) is 24.1. The Bertz CT molecular complexity index is 1500. The first kappa shape index (κ1) is 21.5. The van der Waals surface area contributed by atoms with E-state index in [0.717, 1.165) is 32.4 Å². The van der Waals surface area contributed by atoms with Crippen molar-refractivity contribution < 1.29 is 9.59 Å². The van der Waals surface area contributed by atoms with E-state index in [9.17, 15) is 9.59 Å². The molecule has 0 unspecified atom stereocenters. The van der Waals surface area contributed by atoms with E-state index in [2.05, 4.69) is 70.9 Å². The lowest BCUT2D eigenvalue weighted by atomic mass is 9.95. The Morgan fingerprint density at radius 2 is 1.31 bits per heavy atom. The van der Waals surface area contributed by atoms with Gasteiger partial charge in [0.2, 0.25) is 0 Å². The van der Waals surface area contributed by atoms with Gasteiger partial charge in [0.25, 0.3) is 11.8 Å². The molecule has 0 saturated carbocycles. The quantitative estimate of drug-likeness (QED) is 0.183. The summed E-state index contributed by atoms with van der Waals surface area (Å²) in [6.45, 7) is 0. The van der Waals surface area contributed by atoms with Gasteiger partial charge in [-0.3, -0.25) is 19.8 Å². The summed E-state index contributed by atoms with van der Waals surface area (Å²) < 4.78 is 0. The molecule has 6 rings (SSSR count). The van der Waals surface area contributed by atoms with Crippen LogP contribution in [0.3, 0.4) is 0 Å². The Hall–Kier alpha value is -4.07. The molecule has 0 atom stereocenters. The molecular formula is C28H19N3O2S2. The van der Waals surface area contributed by atoms with Crippen molar-refractivity contribution in [3.8, 4) is 22.3 Å². The minimum absolute atomic E-state index is 0.0681. The average Bonchev–Trinajstić information content (AvgIpc) is 3.29. The number of hydrogen-bond donors (Lipinski definition) is 1. The number of nitrogens with zero attached hydrogens (tertiary/aromatic N) is 2. The Morgan fingerprint density at radius 1 is 0.771 bits per heavy atom. The number of amides is 2.